The Kier molecular flexibility index (Phi) is 4.09. The fourth-order valence-electron chi connectivity index (χ4n) is 3.11. The lowest BCUT2D eigenvalue weighted by molar-refractivity contribution is 0.634. The Balaban J connectivity index is 1.82. The van der Waals surface area contributed by atoms with Crippen LogP contribution in [0, 0.1) is 6.92 Å². The Labute approximate surface area is 149 Å². The second kappa shape index (κ2) is 6.41. The van der Waals surface area contributed by atoms with Crippen molar-refractivity contribution >= 4 is 33.7 Å². The number of rotatable bonds is 4. The first-order chi connectivity index (χ1) is 12.2. The molecule has 25 heavy (non-hydrogen) atoms. The maximum absolute atomic E-state index is 12.9. The largest absolute Gasteiger partial charge is 0.349 e. The summed E-state index contributed by atoms with van der Waals surface area (Å²) in [6, 6.07) is 16.4. The number of aromatic nitrogens is 3. The average molecular weight is 349 g/mol. The summed E-state index contributed by atoms with van der Waals surface area (Å²) >= 11 is 1.61. The van der Waals surface area contributed by atoms with Gasteiger partial charge in [0.25, 0.3) is 5.56 Å². The summed E-state index contributed by atoms with van der Waals surface area (Å²) in [7, 11) is 0. The molecular weight excluding hydrogens is 330 g/mol. The van der Waals surface area contributed by atoms with E-state index in [0.717, 1.165) is 27.3 Å². The number of hydrogen-bond donors (Lipinski definition) is 1. The van der Waals surface area contributed by atoms with Crippen LogP contribution in [0.1, 0.15) is 18.1 Å². The molecule has 4 nitrogen and oxygen atoms in total. The van der Waals surface area contributed by atoms with Gasteiger partial charge in [-0.05, 0) is 25.5 Å². The third kappa shape index (κ3) is 2.85. The van der Waals surface area contributed by atoms with Crippen molar-refractivity contribution < 1.29 is 0 Å². The van der Waals surface area contributed by atoms with Crippen molar-refractivity contribution in [2.75, 3.05) is 0 Å². The molecule has 0 amide bonds. The summed E-state index contributed by atoms with van der Waals surface area (Å²) in [6.07, 6.45) is 0. The van der Waals surface area contributed by atoms with E-state index < -0.39 is 0 Å². The minimum absolute atomic E-state index is 0.00422. The van der Waals surface area contributed by atoms with Gasteiger partial charge in [-0.25, -0.2) is 4.98 Å². The van der Waals surface area contributed by atoms with Crippen molar-refractivity contribution in [2.45, 2.75) is 31.3 Å². The van der Waals surface area contributed by atoms with Gasteiger partial charge in [0.1, 0.15) is 11.0 Å². The lowest BCUT2D eigenvalue weighted by atomic mass is 10.2. The van der Waals surface area contributed by atoms with E-state index in [1.165, 1.54) is 11.1 Å². The Bertz CT molecular complexity index is 1130. The fourth-order valence-corrected chi connectivity index (χ4v) is 4.11. The molecule has 0 saturated heterocycles. The van der Waals surface area contributed by atoms with Gasteiger partial charge in [-0.2, -0.15) is 0 Å². The van der Waals surface area contributed by atoms with Crippen LogP contribution < -0.4 is 5.56 Å². The van der Waals surface area contributed by atoms with E-state index in [2.05, 4.69) is 36.2 Å². The lowest BCUT2D eigenvalue weighted by Gasteiger charge is -2.10. The van der Waals surface area contributed by atoms with Crippen LogP contribution in [0.4, 0.5) is 0 Å². The van der Waals surface area contributed by atoms with E-state index in [-0.39, 0.29) is 5.56 Å². The smallest absolute Gasteiger partial charge is 0.278 e. The van der Waals surface area contributed by atoms with Gasteiger partial charge in [0.2, 0.25) is 0 Å². The Hall–Kier alpha value is -2.53. The van der Waals surface area contributed by atoms with Crippen LogP contribution in [0.2, 0.25) is 0 Å². The molecule has 0 aliphatic heterocycles. The van der Waals surface area contributed by atoms with E-state index in [9.17, 15) is 4.79 Å². The van der Waals surface area contributed by atoms with Crippen LogP contribution in [0.3, 0.4) is 0 Å². The average Bonchev–Trinajstić information content (AvgIpc) is 2.99. The first-order valence-corrected chi connectivity index (χ1v) is 9.35. The minimum Gasteiger partial charge on any atom is -0.349 e. The highest BCUT2D eigenvalue weighted by Crippen LogP contribution is 2.26. The third-order valence-corrected chi connectivity index (χ3v) is 5.39. The van der Waals surface area contributed by atoms with Crippen molar-refractivity contribution in [2.24, 2.45) is 0 Å². The van der Waals surface area contributed by atoms with Gasteiger partial charge in [0.15, 0.2) is 5.16 Å². The molecule has 0 radical (unpaired) electrons. The number of H-pyrrole nitrogens is 1. The summed E-state index contributed by atoms with van der Waals surface area (Å²) in [5.74, 6) is 0.794. The Morgan fingerprint density at radius 1 is 1.16 bits per heavy atom. The molecule has 2 aromatic carbocycles. The number of para-hydroxylation sites is 1. The zero-order chi connectivity index (χ0) is 17.4. The molecule has 4 aromatic rings. The number of aryl methyl sites for hydroxylation is 1. The van der Waals surface area contributed by atoms with Gasteiger partial charge in [0, 0.05) is 23.2 Å². The molecule has 0 atom stereocenters. The number of hydrogen-bond acceptors (Lipinski definition) is 3. The highest BCUT2D eigenvalue weighted by molar-refractivity contribution is 7.98. The van der Waals surface area contributed by atoms with Crippen molar-refractivity contribution in [3.8, 4) is 0 Å². The SMILES string of the molecule is CCn1c(SCc2cccc(C)c2)nc2c([nH]c3ccccc32)c1=O. The summed E-state index contributed by atoms with van der Waals surface area (Å²) in [6.45, 7) is 4.67. The monoisotopic (exact) mass is 349 g/mol. The zero-order valence-electron chi connectivity index (χ0n) is 14.2. The molecule has 0 fully saturated rings. The zero-order valence-corrected chi connectivity index (χ0v) is 15.1. The van der Waals surface area contributed by atoms with Crippen LogP contribution in [-0.4, -0.2) is 14.5 Å². The summed E-state index contributed by atoms with van der Waals surface area (Å²) < 4.78 is 1.75. The molecule has 0 aliphatic rings. The standard InChI is InChI=1S/C20H19N3OS/c1-3-23-19(24)18-17(15-9-4-5-10-16(15)21-18)22-20(23)25-12-14-8-6-7-13(2)11-14/h4-11,21H,3,12H2,1-2H3. The van der Waals surface area contributed by atoms with Gasteiger partial charge in [-0.1, -0.05) is 59.8 Å². The number of aromatic amines is 1. The summed E-state index contributed by atoms with van der Waals surface area (Å²) in [5.41, 5.74) is 4.77. The number of nitrogens with one attached hydrogen (secondary N) is 1. The quantitative estimate of drug-likeness (QED) is 0.436. The summed E-state index contributed by atoms with van der Waals surface area (Å²) in [5, 5.41) is 1.77. The van der Waals surface area contributed by atoms with Crippen LogP contribution in [0.5, 0.6) is 0 Å². The minimum atomic E-state index is -0.00422. The molecular formula is C20H19N3OS. The van der Waals surface area contributed by atoms with Gasteiger partial charge in [0.05, 0.1) is 0 Å². The van der Waals surface area contributed by atoms with Gasteiger partial charge in [-0.3, -0.25) is 9.36 Å². The highest BCUT2D eigenvalue weighted by atomic mass is 32.2. The molecule has 126 valence electrons. The van der Waals surface area contributed by atoms with E-state index >= 15 is 0 Å². The Morgan fingerprint density at radius 2 is 2.00 bits per heavy atom. The van der Waals surface area contributed by atoms with Crippen molar-refractivity contribution in [1.82, 2.24) is 14.5 Å². The van der Waals surface area contributed by atoms with E-state index in [4.69, 9.17) is 4.98 Å². The van der Waals surface area contributed by atoms with Crippen molar-refractivity contribution in [3.63, 3.8) is 0 Å². The number of nitrogens with zero attached hydrogens (tertiary/aromatic N) is 2. The molecule has 0 unspecified atom stereocenters. The molecule has 0 bridgehead atoms. The second-order valence-electron chi connectivity index (χ2n) is 6.12. The predicted octanol–water partition coefficient (Wildman–Crippen LogP) is 4.50. The van der Waals surface area contributed by atoms with Gasteiger partial charge < -0.3 is 4.98 Å². The third-order valence-electron chi connectivity index (χ3n) is 4.34. The predicted molar refractivity (Wildman–Crippen MR) is 104 cm³/mol. The Morgan fingerprint density at radius 3 is 2.80 bits per heavy atom. The number of fused-ring (bicyclic) bond motifs is 3. The van der Waals surface area contributed by atoms with Crippen LogP contribution in [-0.2, 0) is 12.3 Å². The van der Waals surface area contributed by atoms with E-state index in [1.807, 2.05) is 31.2 Å². The van der Waals surface area contributed by atoms with E-state index in [1.54, 1.807) is 16.3 Å². The first-order valence-electron chi connectivity index (χ1n) is 8.37. The van der Waals surface area contributed by atoms with Crippen molar-refractivity contribution in [1.29, 1.82) is 0 Å². The van der Waals surface area contributed by atoms with Crippen LogP contribution in [0.15, 0.2) is 58.5 Å². The van der Waals surface area contributed by atoms with E-state index in [0.29, 0.717) is 12.1 Å². The maximum atomic E-state index is 12.9. The van der Waals surface area contributed by atoms with Gasteiger partial charge in [-0.15, -0.1) is 0 Å². The second-order valence-corrected chi connectivity index (χ2v) is 7.06. The normalized spacial score (nSPS) is 11.4. The topological polar surface area (TPSA) is 50.7 Å². The molecule has 0 spiro atoms. The molecule has 2 aromatic heterocycles. The first kappa shape index (κ1) is 16.0. The molecule has 2 heterocycles. The fraction of sp³-hybridized carbons (Fsp3) is 0.200. The van der Waals surface area contributed by atoms with Crippen LogP contribution in [0.25, 0.3) is 21.9 Å². The molecule has 1 N–H and O–H groups in total. The molecule has 0 saturated carbocycles. The summed E-state index contributed by atoms with van der Waals surface area (Å²) in [4.78, 5) is 20.9. The highest BCUT2D eigenvalue weighted by Gasteiger charge is 2.15. The van der Waals surface area contributed by atoms with Gasteiger partial charge >= 0.3 is 0 Å². The maximum Gasteiger partial charge on any atom is 0.278 e. The molecule has 0 aliphatic carbocycles. The van der Waals surface area contributed by atoms with Crippen LogP contribution >= 0.6 is 11.8 Å². The number of thioether (sulfide) groups is 1. The van der Waals surface area contributed by atoms with Crippen molar-refractivity contribution in [3.05, 3.63) is 70.0 Å². The molecule has 4 rings (SSSR count). The molecule has 5 heteroatoms. The number of benzene rings is 2. The lowest BCUT2D eigenvalue weighted by Crippen LogP contribution is -2.22.